The van der Waals surface area contributed by atoms with Gasteiger partial charge in [-0.3, -0.25) is 9.59 Å². The molecule has 0 unspecified atom stereocenters. The van der Waals surface area contributed by atoms with E-state index < -0.39 is 0 Å². The summed E-state index contributed by atoms with van der Waals surface area (Å²) in [6, 6.07) is 11.7. The van der Waals surface area contributed by atoms with E-state index >= 15 is 0 Å². The van der Waals surface area contributed by atoms with Crippen LogP contribution in [0.4, 0.5) is 11.5 Å². The molecule has 160 valence electrons. The first kappa shape index (κ1) is 22.2. The van der Waals surface area contributed by atoms with Crippen LogP contribution in [0.2, 0.25) is 0 Å². The van der Waals surface area contributed by atoms with Crippen molar-refractivity contribution in [2.75, 3.05) is 34.8 Å². The second-order valence-electron chi connectivity index (χ2n) is 7.61. The van der Waals surface area contributed by atoms with Crippen LogP contribution in [0, 0.1) is 6.92 Å². The molecule has 7 heteroatoms. The number of carbonyl (C=O) groups excluding carboxylic acids is 2. The van der Waals surface area contributed by atoms with E-state index in [0.717, 1.165) is 35.7 Å². The van der Waals surface area contributed by atoms with E-state index in [4.69, 9.17) is 0 Å². The average Bonchev–Trinajstić information content (AvgIpc) is 3.02. The lowest BCUT2D eigenvalue weighted by molar-refractivity contribution is -0.118. The Morgan fingerprint density at radius 1 is 1.03 bits per heavy atom. The Morgan fingerprint density at radius 3 is 2.57 bits per heavy atom. The highest BCUT2D eigenvalue weighted by Crippen LogP contribution is 2.18. The highest BCUT2D eigenvalue weighted by molar-refractivity contribution is 8.00. The quantitative estimate of drug-likeness (QED) is 0.672. The number of hydrogen-bond acceptors (Lipinski definition) is 5. The molecule has 0 bridgehead atoms. The number of nitrogens with zero attached hydrogens (tertiary/aromatic N) is 2. The van der Waals surface area contributed by atoms with Gasteiger partial charge in [0.25, 0.3) is 0 Å². The van der Waals surface area contributed by atoms with Gasteiger partial charge in [0.2, 0.25) is 11.8 Å². The Balaban J connectivity index is 1.38. The summed E-state index contributed by atoms with van der Waals surface area (Å²) >= 11 is 1.31. The summed E-state index contributed by atoms with van der Waals surface area (Å²) in [6.45, 7) is 4.54. The smallest absolute Gasteiger partial charge is 0.234 e. The molecule has 2 N–H and O–H groups in total. The normalized spacial score (nSPS) is 14.1. The van der Waals surface area contributed by atoms with E-state index in [1.54, 1.807) is 0 Å². The first-order valence-electron chi connectivity index (χ1n) is 10.5. The number of anilines is 2. The molecule has 30 heavy (non-hydrogen) atoms. The van der Waals surface area contributed by atoms with Crippen LogP contribution in [0.15, 0.2) is 42.6 Å². The van der Waals surface area contributed by atoms with Gasteiger partial charge in [0.1, 0.15) is 5.82 Å². The van der Waals surface area contributed by atoms with Crippen LogP contribution < -0.4 is 15.5 Å². The number of thioether (sulfide) groups is 1. The Kier molecular flexibility index (Phi) is 8.56. The zero-order valence-electron chi connectivity index (χ0n) is 17.5. The van der Waals surface area contributed by atoms with Crippen molar-refractivity contribution in [2.45, 2.75) is 39.2 Å². The Bertz CT molecular complexity index is 851. The monoisotopic (exact) mass is 426 g/mol. The maximum Gasteiger partial charge on any atom is 0.234 e. The summed E-state index contributed by atoms with van der Waals surface area (Å²) in [5, 5.41) is 5.79. The second-order valence-corrected chi connectivity index (χ2v) is 8.60. The van der Waals surface area contributed by atoms with Gasteiger partial charge in [0, 0.05) is 31.5 Å². The molecule has 0 spiro atoms. The van der Waals surface area contributed by atoms with Gasteiger partial charge in [-0.05, 0) is 55.2 Å². The van der Waals surface area contributed by atoms with Crippen LogP contribution in [-0.2, 0) is 16.1 Å². The molecule has 1 aromatic heterocycles. The number of rotatable bonds is 8. The van der Waals surface area contributed by atoms with Crippen molar-refractivity contribution in [3.8, 4) is 0 Å². The highest BCUT2D eigenvalue weighted by Gasteiger charge is 2.12. The van der Waals surface area contributed by atoms with Gasteiger partial charge in [-0.15, -0.1) is 11.8 Å². The van der Waals surface area contributed by atoms with Crippen LogP contribution >= 0.6 is 11.8 Å². The standard InChI is InChI=1S/C23H30N4O2S/c1-18-7-6-8-20(13-18)26-23(29)17-30-16-22(28)25-15-19-9-10-24-21(14-19)27-11-4-2-3-5-12-27/h6-10,13-14H,2-5,11-12,15-17H2,1H3,(H,25,28)(H,26,29). The van der Waals surface area contributed by atoms with Crippen molar-refractivity contribution in [1.29, 1.82) is 0 Å². The minimum absolute atomic E-state index is 0.0727. The number of pyridine rings is 1. The summed E-state index contributed by atoms with van der Waals surface area (Å²) in [6.07, 6.45) is 6.79. The fourth-order valence-corrected chi connectivity index (χ4v) is 4.10. The van der Waals surface area contributed by atoms with Crippen LogP contribution in [0.3, 0.4) is 0 Å². The molecule has 0 radical (unpaired) electrons. The molecule has 6 nitrogen and oxygen atoms in total. The molecule has 2 amide bonds. The third kappa shape index (κ3) is 7.37. The maximum absolute atomic E-state index is 12.1. The van der Waals surface area contributed by atoms with Gasteiger partial charge in [0.05, 0.1) is 11.5 Å². The number of carbonyl (C=O) groups is 2. The van der Waals surface area contributed by atoms with Crippen molar-refractivity contribution in [3.63, 3.8) is 0 Å². The van der Waals surface area contributed by atoms with Crippen LogP contribution in [0.1, 0.15) is 36.8 Å². The average molecular weight is 427 g/mol. The first-order valence-corrected chi connectivity index (χ1v) is 11.7. The Hall–Kier alpha value is -2.54. The lowest BCUT2D eigenvalue weighted by atomic mass is 10.2. The molecule has 0 atom stereocenters. The van der Waals surface area contributed by atoms with E-state index in [9.17, 15) is 9.59 Å². The summed E-state index contributed by atoms with van der Waals surface area (Å²) in [5.41, 5.74) is 2.91. The minimum Gasteiger partial charge on any atom is -0.357 e. The van der Waals surface area contributed by atoms with Crippen molar-refractivity contribution in [1.82, 2.24) is 10.3 Å². The molecular weight excluding hydrogens is 396 g/mol. The topological polar surface area (TPSA) is 74.3 Å². The Labute approximate surface area is 182 Å². The maximum atomic E-state index is 12.1. The van der Waals surface area contributed by atoms with Crippen molar-refractivity contribution in [2.24, 2.45) is 0 Å². The number of hydrogen-bond donors (Lipinski definition) is 2. The predicted molar refractivity (Wildman–Crippen MR) is 124 cm³/mol. The molecule has 1 aliphatic heterocycles. The molecule has 1 saturated heterocycles. The lowest BCUT2D eigenvalue weighted by Gasteiger charge is -2.21. The van der Waals surface area contributed by atoms with E-state index in [0.29, 0.717) is 6.54 Å². The summed E-state index contributed by atoms with van der Waals surface area (Å²) in [7, 11) is 0. The van der Waals surface area contributed by atoms with Gasteiger partial charge in [-0.1, -0.05) is 25.0 Å². The molecular formula is C23H30N4O2S. The molecule has 0 aliphatic carbocycles. The third-order valence-corrected chi connectivity index (χ3v) is 5.93. The van der Waals surface area contributed by atoms with E-state index in [1.165, 1.54) is 37.4 Å². The zero-order valence-corrected chi connectivity index (χ0v) is 18.3. The van der Waals surface area contributed by atoms with Gasteiger partial charge in [-0.2, -0.15) is 0 Å². The molecule has 0 saturated carbocycles. The van der Waals surface area contributed by atoms with Crippen molar-refractivity contribution < 1.29 is 9.59 Å². The summed E-state index contributed by atoms with van der Waals surface area (Å²) in [5.74, 6) is 1.32. The SMILES string of the molecule is Cc1cccc(NC(=O)CSCC(=O)NCc2ccnc(N3CCCCCC3)c2)c1. The van der Waals surface area contributed by atoms with E-state index in [1.807, 2.05) is 43.5 Å². The molecule has 2 heterocycles. The second kappa shape index (κ2) is 11.6. The molecule has 2 aromatic rings. The van der Waals surface area contributed by atoms with Crippen LogP contribution in [0.5, 0.6) is 0 Å². The van der Waals surface area contributed by atoms with Crippen LogP contribution in [0.25, 0.3) is 0 Å². The van der Waals surface area contributed by atoms with Gasteiger partial charge >= 0.3 is 0 Å². The molecule has 1 aliphatic rings. The third-order valence-electron chi connectivity index (χ3n) is 5.00. The van der Waals surface area contributed by atoms with E-state index in [-0.39, 0.29) is 23.3 Å². The molecule has 1 aromatic carbocycles. The van der Waals surface area contributed by atoms with Crippen molar-refractivity contribution >= 4 is 35.1 Å². The number of amides is 2. The van der Waals surface area contributed by atoms with E-state index in [2.05, 4.69) is 26.6 Å². The number of benzene rings is 1. The number of aryl methyl sites for hydroxylation is 1. The summed E-state index contributed by atoms with van der Waals surface area (Å²) < 4.78 is 0. The highest BCUT2D eigenvalue weighted by atomic mass is 32.2. The first-order chi connectivity index (χ1) is 14.6. The van der Waals surface area contributed by atoms with Gasteiger partial charge in [0.15, 0.2) is 0 Å². The zero-order chi connectivity index (χ0) is 21.2. The molecule has 1 fully saturated rings. The van der Waals surface area contributed by atoms with Crippen molar-refractivity contribution in [3.05, 3.63) is 53.7 Å². The minimum atomic E-state index is -0.102. The fraction of sp³-hybridized carbons (Fsp3) is 0.435. The molecule has 3 rings (SSSR count). The lowest BCUT2D eigenvalue weighted by Crippen LogP contribution is -2.27. The number of nitrogens with one attached hydrogen (secondary N) is 2. The van der Waals surface area contributed by atoms with Crippen LogP contribution in [-0.4, -0.2) is 41.4 Å². The van der Waals surface area contributed by atoms with Gasteiger partial charge in [-0.25, -0.2) is 4.98 Å². The largest absolute Gasteiger partial charge is 0.357 e. The number of aromatic nitrogens is 1. The summed E-state index contributed by atoms with van der Waals surface area (Å²) in [4.78, 5) is 31.0. The Morgan fingerprint density at radius 2 is 1.80 bits per heavy atom. The predicted octanol–water partition coefficient (Wildman–Crippen LogP) is 3.76. The van der Waals surface area contributed by atoms with Gasteiger partial charge < -0.3 is 15.5 Å². The fourth-order valence-electron chi connectivity index (χ4n) is 3.45.